The van der Waals surface area contributed by atoms with E-state index in [-0.39, 0.29) is 11.8 Å². The van der Waals surface area contributed by atoms with Crippen LogP contribution in [0.4, 0.5) is 0 Å². The SMILES string of the molecule is COc1cc(C)ccc1C1CN(C)CC1C(=O)O. The molecule has 1 N–H and O–H groups in total. The molecule has 4 nitrogen and oxygen atoms in total. The number of aryl methyl sites for hydroxylation is 1. The molecule has 0 saturated carbocycles. The highest BCUT2D eigenvalue weighted by molar-refractivity contribution is 5.72. The quantitative estimate of drug-likeness (QED) is 0.886. The Bertz CT molecular complexity index is 458. The van der Waals surface area contributed by atoms with Crippen molar-refractivity contribution in [2.75, 3.05) is 27.2 Å². The molecule has 2 atom stereocenters. The summed E-state index contributed by atoms with van der Waals surface area (Å²) in [5.41, 5.74) is 2.12. The third kappa shape index (κ3) is 2.34. The van der Waals surface area contributed by atoms with Crippen molar-refractivity contribution in [3.63, 3.8) is 0 Å². The number of methoxy groups -OCH3 is 1. The van der Waals surface area contributed by atoms with E-state index in [1.54, 1.807) is 7.11 Å². The van der Waals surface area contributed by atoms with Gasteiger partial charge in [-0.25, -0.2) is 0 Å². The van der Waals surface area contributed by atoms with Gasteiger partial charge in [0.25, 0.3) is 0 Å². The van der Waals surface area contributed by atoms with Crippen LogP contribution >= 0.6 is 0 Å². The van der Waals surface area contributed by atoms with Crippen molar-refractivity contribution in [2.24, 2.45) is 5.92 Å². The molecule has 0 spiro atoms. The highest BCUT2D eigenvalue weighted by atomic mass is 16.5. The van der Waals surface area contributed by atoms with E-state index < -0.39 is 5.97 Å². The molecule has 2 unspecified atom stereocenters. The number of aliphatic carboxylic acids is 1. The zero-order valence-electron chi connectivity index (χ0n) is 11.0. The second-order valence-electron chi connectivity index (χ2n) is 5.02. The first-order valence-electron chi connectivity index (χ1n) is 6.08. The van der Waals surface area contributed by atoms with Gasteiger partial charge in [-0.1, -0.05) is 12.1 Å². The second kappa shape index (κ2) is 4.98. The number of hydrogen-bond donors (Lipinski definition) is 1. The average molecular weight is 249 g/mol. The fraction of sp³-hybridized carbons (Fsp3) is 0.500. The number of nitrogens with zero attached hydrogens (tertiary/aromatic N) is 1. The Morgan fingerprint density at radius 1 is 1.44 bits per heavy atom. The zero-order valence-corrected chi connectivity index (χ0v) is 11.0. The Labute approximate surface area is 107 Å². The topological polar surface area (TPSA) is 49.8 Å². The summed E-state index contributed by atoms with van der Waals surface area (Å²) in [5, 5.41) is 9.31. The first-order valence-corrected chi connectivity index (χ1v) is 6.08. The number of carboxylic acids is 1. The number of ether oxygens (including phenoxy) is 1. The van der Waals surface area contributed by atoms with Gasteiger partial charge in [0.1, 0.15) is 5.75 Å². The van der Waals surface area contributed by atoms with Crippen LogP contribution in [0.25, 0.3) is 0 Å². The van der Waals surface area contributed by atoms with Gasteiger partial charge >= 0.3 is 5.97 Å². The van der Waals surface area contributed by atoms with Crippen molar-refractivity contribution >= 4 is 5.97 Å². The van der Waals surface area contributed by atoms with Gasteiger partial charge in [0.2, 0.25) is 0 Å². The van der Waals surface area contributed by atoms with E-state index in [0.29, 0.717) is 6.54 Å². The summed E-state index contributed by atoms with van der Waals surface area (Å²) in [5.74, 6) is -0.289. The lowest BCUT2D eigenvalue weighted by Gasteiger charge is -2.18. The number of hydrogen-bond acceptors (Lipinski definition) is 3. The Kier molecular flexibility index (Phi) is 3.57. The molecule has 1 aliphatic heterocycles. The Hall–Kier alpha value is -1.55. The maximum atomic E-state index is 11.3. The van der Waals surface area contributed by atoms with Gasteiger partial charge in [-0.2, -0.15) is 0 Å². The van der Waals surface area contributed by atoms with Crippen LogP contribution in [0.3, 0.4) is 0 Å². The van der Waals surface area contributed by atoms with E-state index in [4.69, 9.17) is 4.74 Å². The molecule has 0 bridgehead atoms. The Morgan fingerprint density at radius 3 is 2.78 bits per heavy atom. The van der Waals surface area contributed by atoms with Gasteiger partial charge < -0.3 is 14.7 Å². The molecule has 1 heterocycles. The number of likely N-dealkylation sites (N-methyl/N-ethyl adjacent to an activating group) is 1. The van der Waals surface area contributed by atoms with Gasteiger partial charge in [0.15, 0.2) is 0 Å². The molecular formula is C14H19NO3. The molecule has 1 fully saturated rings. The third-order valence-corrected chi connectivity index (χ3v) is 3.61. The molecule has 2 rings (SSSR count). The smallest absolute Gasteiger partial charge is 0.308 e. The number of carboxylic acid groups (broad SMARTS) is 1. The predicted molar refractivity (Wildman–Crippen MR) is 69.1 cm³/mol. The van der Waals surface area contributed by atoms with Crippen molar-refractivity contribution in [3.05, 3.63) is 29.3 Å². The van der Waals surface area contributed by atoms with Gasteiger partial charge in [0, 0.05) is 19.0 Å². The summed E-state index contributed by atoms with van der Waals surface area (Å²) in [6.45, 7) is 3.36. The lowest BCUT2D eigenvalue weighted by Crippen LogP contribution is -2.21. The summed E-state index contributed by atoms with van der Waals surface area (Å²) in [6, 6.07) is 5.97. The van der Waals surface area contributed by atoms with Gasteiger partial charge in [-0.3, -0.25) is 4.79 Å². The van der Waals surface area contributed by atoms with Crippen LogP contribution in [0.1, 0.15) is 17.0 Å². The molecular weight excluding hydrogens is 230 g/mol. The predicted octanol–water partition coefficient (Wildman–Crippen LogP) is 1.73. The van der Waals surface area contributed by atoms with Crippen molar-refractivity contribution in [1.82, 2.24) is 4.90 Å². The largest absolute Gasteiger partial charge is 0.496 e. The van der Waals surface area contributed by atoms with Crippen LogP contribution in [0.5, 0.6) is 5.75 Å². The summed E-state index contributed by atoms with van der Waals surface area (Å²) in [4.78, 5) is 13.4. The molecule has 0 aliphatic carbocycles. The number of likely N-dealkylation sites (tertiary alicyclic amines) is 1. The van der Waals surface area contributed by atoms with E-state index in [1.807, 2.05) is 32.2 Å². The molecule has 4 heteroatoms. The normalized spacial score (nSPS) is 24.2. The molecule has 1 aromatic carbocycles. The van der Waals surface area contributed by atoms with Gasteiger partial charge in [-0.15, -0.1) is 0 Å². The van der Waals surface area contributed by atoms with Crippen LogP contribution in [0.15, 0.2) is 18.2 Å². The standard InChI is InChI=1S/C14H19NO3/c1-9-4-5-10(13(6-9)18-3)11-7-15(2)8-12(11)14(16)17/h4-6,11-12H,7-8H2,1-3H3,(H,16,17). The maximum Gasteiger partial charge on any atom is 0.308 e. The number of carbonyl (C=O) groups is 1. The number of benzene rings is 1. The first kappa shape index (κ1) is 12.9. The summed E-state index contributed by atoms with van der Waals surface area (Å²) >= 11 is 0. The van der Waals surface area contributed by atoms with E-state index >= 15 is 0 Å². The van der Waals surface area contributed by atoms with Crippen molar-refractivity contribution in [3.8, 4) is 5.75 Å². The minimum Gasteiger partial charge on any atom is -0.496 e. The van der Waals surface area contributed by atoms with E-state index in [0.717, 1.165) is 23.4 Å². The minimum atomic E-state index is -0.730. The highest BCUT2D eigenvalue weighted by Gasteiger charge is 2.38. The highest BCUT2D eigenvalue weighted by Crippen LogP contribution is 2.37. The van der Waals surface area contributed by atoms with Gasteiger partial charge in [0.05, 0.1) is 13.0 Å². The van der Waals surface area contributed by atoms with Crippen molar-refractivity contribution < 1.29 is 14.6 Å². The van der Waals surface area contributed by atoms with Crippen molar-refractivity contribution in [1.29, 1.82) is 0 Å². The Balaban J connectivity index is 2.38. The monoisotopic (exact) mass is 249 g/mol. The first-order chi connectivity index (χ1) is 8.52. The molecule has 98 valence electrons. The number of rotatable bonds is 3. The molecule has 1 saturated heterocycles. The van der Waals surface area contributed by atoms with E-state index in [9.17, 15) is 9.90 Å². The molecule has 0 radical (unpaired) electrons. The minimum absolute atomic E-state index is 0.00282. The summed E-state index contributed by atoms with van der Waals surface area (Å²) in [6.07, 6.45) is 0. The second-order valence-corrected chi connectivity index (χ2v) is 5.02. The fourth-order valence-electron chi connectivity index (χ4n) is 2.69. The molecule has 0 aromatic heterocycles. The van der Waals surface area contributed by atoms with Crippen LogP contribution in [0, 0.1) is 12.8 Å². The van der Waals surface area contributed by atoms with E-state index in [2.05, 4.69) is 4.90 Å². The van der Waals surface area contributed by atoms with Crippen LogP contribution in [0.2, 0.25) is 0 Å². The van der Waals surface area contributed by atoms with E-state index in [1.165, 1.54) is 0 Å². The fourth-order valence-corrected chi connectivity index (χ4v) is 2.69. The lowest BCUT2D eigenvalue weighted by atomic mass is 9.88. The Morgan fingerprint density at radius 2 is 2.17 bits per heavy atom. The molecule has 18 heavy (non-hydrogen) atoms. The molecule has 0 amide bonds. The summed E-state index contributed by atoms with van der Waals surface area (Å²) < 4.78 is 5.39. The molecule has 1 aromatic rings. The molecule has 1 aliphatic rings. The van der Waals surface area contributed by atoms with Crippen LogP contribution in [-0.4, -0.2) is 43.2 Å². The average Bonchev–Trinajstić information content (AvgIpc) is 2.71. The zero-order chi connectivity index (χ0) is 13.3. The van der Waals surface area contributed by atoms with Crippen LogP contribution < -0.4 is 4.74 Å². The lowest BCUT2D eigenvalue weighted by molar-refractivity contribution is -0.141. The maximum absolute atomic E-state index is 11.3. The third-order valence-electron chi connectivity index (χ3n) is 3.61. The van der Waals surface area contributed by atoms with Crippen molar-refractivity contribution in [2.45, 2.75) is 12.8 Å². The van der Waals surface area contributed by atoms with Gasteiger partial charge in [-0.05, 0) is 31.2 Å². The van der Waals surface area contributed by atoms with Crippen LogP contribution in [-0.2, 0) is 4.79 Å². The summed E-state index contributed by atoms with van der Waals surface area (Å²) in [7, 11) is 3.59.